The summed E-state index contributed by atoms with van der Waals surface area (Å²) >= 11 is 0. The zero-order chi connectivity index (χ0) is 22.4. The lowest BCUT2D eigenvalue weighted by atomic mass is 10.2. The number of nitrogens with one attached hydrogen (secondary N) is 1. The van der Waals surface area contributed by atoms with Gasteiger partial charge in [0.25, 0.3) is 5.69 Å². The normalized spacial score (nSPS) is 13.3. The van der Waals surface area contributed by atoms with Crippen molar-refractivity contribution in [2.45, 2.75) is 39.0 Å². The highest BCUT2D eigenvalue weighted by molar-refractivity contribution is 5.92. The maximum absolute atomic E-state index is 12.6. The lowest BCUT2D eigenvalue weighted by Crippen LogP contribution is -2.34. The number of non-ortho nitro benzene ring substituents is 1. The molecule has 166 valence electrons. The minimum absolute atomic E-state index is 0.0329. The van der Waals surface area contributed by atoms with E-state index in [0.717, 1.165) is 18.4 Å². The minimum Gasteiger partial charge on any atom is -0.490 e. The second-order valence-corrected chi connectivity index (χ2v) is 7.08. The molecular formula is C21H23F2N3O5. The fourth-order valence-electron chi connectivity index (χ4n) is 3.15. The van der Waals surface area contributed by atoms with E-state index in [0.29, 0.717) is 18.8 Å². The average molecular weight is 435 g/mol. The SMILES string of the molecule is CCOc1cc(CN(CC(=O)Nc2ccc([N+](=O)[O-])cc2)C2CC2)ccc1OC(F)F. The van der Waals surface area contributed by atoms with Crippen molar-refractivity contribution in [1.82, 2.24) is 4.90 Å². The Hall–Kier alpha value is -3.27. The summed E-state index contributed by atoms with van der Waals surface area (Å²) in [5.41, 5.74) is 1.22. The maximum Gasteiger partial charge on any atom is 0.387 e. The first-order valence-electron chi connectivity index (χ1n) is 9.84. The van der Waals surface area contributed by atoms with Crippen LogP contribution in [0.3, 0.4) is 0 Å². The topological polar surface area (TPSA) is 93.9 Å². The zero-order valence-corrected chi connectivity index (χ0v) is 16.9. The number of anilines is 1. The van der Waals surface area contributed by atoms with Crippen molar-refractivity contribution >= 4 is 17.3 Å². The van der Waals surface area contributed by atoms with Gasteiger partial charge >= 0.3 is 6.61 Å². The van der Waals surface area contributed by atoms with Crippen LogP contribution in [0.15, 0.2) is 42.5 Å². The Morgan fingerprint density at radius 2 is 1.94 bits per heavy atom. The molecule has 1 aliphatic rings. The second-order valence-electron chi connectivity index (χ2n) is 7.08. The molecule has 3 rings (SSSR count). The Morgan fingerprint density at radius 3 is 2.52 bits per heavy atom. The molecular weight excluding hydrogens is 412 g/mol. The molecule has 10 heteroatoms. The number of amides is 1. The molecule has 0 saturated heterocycles. The Kier molecular flexibility index (Phi) is 7.35. The van der Waals surface area contributed by atoms with Crippen molar-refractivity contribution in [3.8, 4) is 11.5 Å². The fourth-order valence-corrected chi connectivity index (χ4v) is 3.15. The number of hydrogen-bond acceptors (Lipinski definition) is 6. The third-order valence-electron chi connectivity index (χ3n) is 4.68. The first-order chi connectivity index (χ1) is 14.9. The highest BCUT2D eigenvalue weighted by Crippen LogP contribution is 2.33. The Labute approximate surface area is 177 Å². The highest BCUT2D eigenvalue weighted by atomic mass is 19.3. The molecule has 8 nitrogen and oxygen atoms in total. The monoisotopic (exact) mass is 435 g/mol. The average Bonchev–Trinajstić information content (AvgIpc) is 3.55. The van der Waals surface area contributed by atoms with E-state index in [1.165, 1.54) is 30.3 Å². The number of benzene rings is 2. The van der Waals surface area contributed by atoms with Crippen LogP contribution in [0.1, 0.15) is 25.3 Å². The van der Waals surface area contributed by atoms with Crippen LogP contribution in [-0.4, -0.2) is 41.5 Å². The van der Waals surface area contributed by atoms with E-state index in [1.807, 2.05) is 4.90 Å². The molecule has 2 aromatic rings. The molecule has 1 aliphatic carbocycles. The quantitative estimate of drug-likeness (QED) is 0.420. The largest absolute Gasteiger partial charge is 0.490 e. The second kappa shape index (κ2) is 10.2. The van der Waals surface area contributed by atoms with Crippen LogP contribution in [-0.2, 0) is 11.3 Å². The molecule has 0 unspecified atom stereocenters. The van der Waals surface area contributed by atoms with Crippen LogP contribution in [0.5, 0.6) is 11.5 Å². The van der Waals surface area contributed by atoms with Crippen molar-refractivity contribution in [3.63, 3.8) is 0 Å². The van der Waals surface area contributed by atoms with Crippen LogP contribution < -0.4 is 14.8 Å². The molecule has 0 radical (unpaired) electrons. The summed E-state index contributed by atoms with van der Waals surface area (Å²) in [7, 11) is 0. The van der Waals surface area contributed by atoms with Gasteiger partial charge in [-0.1, -0.05) is 6.07 Å². The van der Waals surface area contributed by atoms with Gasteiger partial charge in [-0.15, -0.1) is 0 Å². The zero-order valence-electron chi connectivity index (χ0n) is 16.9. The van der Waals surface area contributed by atoms with Gasteiger partial charge in [-0.3, -0.25) is 19.8 Å². The molecule has 2 aromatic carbocycles. The van der Waals surface area contributed by atoms with Crippen molar-refractivity contribution in [2.24, 2.45) is 0 Å². The summed E-state index contributed by atoms with van der Waals surface area (Å²) < 4.78 is 35.1. The predicted molar refractivity (Wildman–Crippen MR) is 109 cm³/mol. The van der Waals surface area contributed by atoms with E-state index in [2.05, 4.69) is 10.1 Å². The maximum atomic E-state index is 12.6. The molecule has 0 bridgehead atoms. The van der Waals surface area contributed by atoms with E-state index in [1.54, 1.807) is 19.1 Å². The van der Waals surface area contributed by atoms with Crippen LogP contribution in [0.4, 0.5) is 20.2 Å². The van der Waals surface area contributed by atoms with Gasteiger partial charge in [-0.05, 0) is 49.6 Å². The van der Waals surface area contributed by atoms with Crippen molar-refractivity contribution < 1.29 is 28.0 Å². The van der Waals surface area contributed by atoms with Crippen molar-refractivity contribution in [3.05, 3.63) is 58.1 Å². The van der Waals surface area contributed by atoms with Crippen molar-refractivity contribution in [2.75, 3.05) is 18.5 Å². The first-order valence-corrected chi connectivity index (χ1v) is 9.84. The first kappa shape index (κ1) is 22.4. The summed E-state index contributed by atoms with van der Waals surface area (Å²) in [4.78, 5) is 24.7. The van der Waals surface area contributed by atoms with Crippen LogP contribution in [0, 0.1) is 10.1 Å². The number of rotatable bonds is 11. The van der Waals surface area contributed by atoms with Crippen LogP contribution >= 0.6 is 0 Å². The van der Waals surface area contributed by atoms with E-state index in [-0.39, 0.29) is 35.7 Å². The van der Waals surface area contributed by atoms with Gasteiger partial charge in [0.15, 0.2) is 11.5 Å². The van der Waals surface area contributed by atoms with Gasteiger partial charge < -0.3 is 14.8 Å². The number of nitro benzene ring substituents is 1. The molecule has 31 heavy (non-hydrogen) atoms. The summed E-state index contributed by atoms with van der Waals surface area (Å²) in [5, 5.41) is 13.5. The molecule has 0 aliphatic heterocycles. The molecule has 0 spiro atoms. The van der Waals surface area contributed by atoms with Crippen LogP contribution in [0.2, 0.25) is 0 Å². The number of carbonyl (C=O) groups is 1. The molecule has 1 fully saturated rings. The molecule has 0 heterocycles. The number of alkyl halides is 2. The fraction of sp³-hybridized carbons (Fsp3) is 0.381. The summed E-state index contributed by atoms with van der Waals surface area (Å²) in [6.07, 6.45) is 1.94. The number of halogens is 2. The van der Waals surface area contributed by atoms with Gasteiger partial charge in [0.2, 0.25) is 5.91 Å². The molecule has 1 amide bonds. The number of carbonyl (C=O) groups excluding carboxylic acids is 1. The molecule has 0 aromatic heterocycles. The predicted octanol–water partition coefficient (Wildman–Crippen LogP) is 4.20. The molecule has 1 N–H and O–H groups in total. The third kappa shape index (κ3) is 6.61. The summed E-state index contributed by atoms with van der Waals surface area (Å²) in [5.74, 6) is -0.0516. The summed E-state index contributed by atoms with van der Waals surface area (Å²) in [6, 6.07) is 10.6. The standard InChI is InChI=1S/C21H23F2N3O5/c1-2-30-19-11-14(3-10-18(19)31-21(22)23)12-25(16-8-9-16)13-20(27)24-15-4-6-17(7-5-15)26(28)29/h3-7,10-11,16,21H,2,8-9,12-13H2,1H3,(H,24,27). The molecule has 0 atom stereocenters. The Balaban J connectivity index is 1.65. The number of nitrogens with zero attached hydrogens (tertiary/aromatic N) is 2. The number of hydrogen-bond donors (Lipinski definition) is 1. The lowest BCUT2D eigenvalue weighted by molar-refractivity contribution is -0.384. The van der Waals surface area contributed by atoms with E-state index in [9.17, 15) is 23.7 Å². The minimum atomic E-state index is -2.95. The third-order valence-corrected chi connectivity index (χ3v) is 4.68. The van der Waals surface area contributed by atoms with E-state index in [4.69, 9.17) is 4.74 Å². The molecule has 1 saturated carbocycles. The summed E-state index contributed by atoms with van der Waals surface area (Å²) in [6.45, 7) is -0.338. The lowest BCUT2D eigenvalue weighted by Gasteiger charge is -2.22. The van der Waals surface area contributed by atoms with Gasteiger partial charge in [-0.2, -0.15) is 8.78 Å². The van der Waals surface area contributed by atoms with E-state index >= 15 is 0 Å². The number of ether oxygens (including phenoxy) is 2. The van der Waals surface area contributed by atoms with Crippen LogP contribution in [0.25, 0.3) is 0 Å². The van der Waals surface area contributed by atoms with Gasteiger partial charge in [0, 0.05) is 30.4 Å². The Morgan fingerprint density at radius 1 is 1.23 bits per heavy atom. The highest BCUT2D eigenvalue weighted by Gasteiger charge is 2.30. The van der Waals surface area contributed by atoms with Gasteiger partial charge in [0.05, 0.1) is 18.1 Å². The van der Waals surface area contributed by atoms with Gasteiger partial charge in [-0.25, -0.2) is 0 Å². The number of nitro groups is 1. The van der Waals surface area contributed by atoms with E-state index < -0.39 is 11.5 Å². The van der Waals surface area contributed by atoms with Gasteiger partial charge in [0.1, 0.15) is 0 Å². The Bertz CT molecular complexity index is 920. The smallest absolute Gasteiger partial charge is 0.387 e. The van der Waals surface area contributed by atoms with Crippen molar-refractivity contribution in [1.29, 1.82) is 0 Å².